The van der Waals surface area contributed by atoms with E-state index >= 15 is 0 Å². The Hall–Kier alpha value is -0.710. The molecule has 3 rings (SSSR count). The van der Waals surface area contributed by atoms with Gasteiger partial charge in [0.05, 0.1) is 9.88 Å². The molecule has 1 aromatic rings. The third-order valence-corrected chi connectivity index (χ3v) is 4.55. The molecule has 3 nitrogen and oxygen atoms in total. The Balaban J connectivity index is 1.74. The fourth-order valence-corrected chi connectivity index (χ4v) is 3.39. The molecule has 1 N–H and O–H groups in total. The second kappa shape index (κ2) is 4.28. The Morgan fingerprint density at radius 2 is 2.38 bits per heavy atom. The van der Waals surface area contributed by atoms with Gasteiger partial charge in [-0.15, -0.1) is 11.3 Å². The minimum Gasteiger partial charge on any atom is -0.313 e. The van der Waals surface area contributed by atoms with Crippen LogP contribution in [0.25, 0.3) is 5.57 Å². The van der Waals surface area contributed by atoms with Gasteiger partial charge in [-0.2, -0.15) is 0 Å². The standard InChI is InChI=1S/C12H17N3S/c1-15-7-10(8-15)12-14-6-11(16-12)9-2-4-13-5-3-9/h2,6,10,13H,3-5,7-8H2,1H3. The molecule has 4 heteroatoms. The Kier molecular flexibility index (Phi) is 2.79. The van der Waals surface area contributed by atoms with Crippen LogP contribution in [0.15, 0.2) is 12.3 Å². The zero-order chi connectivity index (χ0) is 11.0. The number of thiazole rings is 1. The number of likely N-dealkylation sites (N-methyl/N-ethyl adjacent to an activating group) is 1. The molecule has 2 aliphatic rings. The van der Waals surface area contributed by atoms with Crippen LogP contribution in [0.4, 0.5) is 0 Å². The highest BCUT2D eigenvalue weighted by Crippen LogP contribution is 2.32. The van der Waals surface area contributed by atoms with Crippen LogP contribution in [0.1, 0.15) is 22.2 Å². The first-order chi connectivity index (χ1) is 7.83. The molecule has 1 fully saturated rings. The largest absolute Gasteiger partial charge is 0.313 e. The first kappa shape index (κ1) is 10.4. The normalized spacial score (nSPS) is 22.9. The van der Waals surface area contributed by atoms with Crippen LogP contribution >= 0.6 is 11.3 Å². The molecule has 0 aromatic carbocycles. The van der Waals surface area contributed by atoms with E-state index in [-0.39, 0.29) is 0 Å². The topological polar surface area (TPSA) is 28.2 Å². The molecule has 0 bridgehead atoms. The SMILES string of the molecule is CN1CC(c2ncc(C3=CCNCC3)s2)C1. The molecule has 1 saturated heterocycles. The van der Waals surface area contributed by atoms with Crippen molar-refractivity contribution >= 4 is 16.9 Å². The first-order valence-electron chi connectivity index (χ1n) is 5.87. The molecule has 2 aliphatic heterocycles. The lowest BCUT2D eigenvalue weighted by atomic mass is 10.0. The zero-order valence-corrected chi connectivity index (χ0v) is 10.4. The Labute approximate surface area is 100 Å². The van der Waals surface area contributed by atoms with Gasteiger partial charge in [0.25, 0.3) is 0 Å². The predicted octanol–water partition coefficient (Wildman–Crippen LogP) is 1.55. The van der Waals surface area contributed by atoms with Crippen LogP contribution in [-0.2, 0) is 0 Å². The average Bonchev–Trinajstić information content (AvgIpc) is 2.75. The van der Waals surface area contributed by atoms with Gasteiger partial charge in [-0.1, -0.05) is 6.08 Å². The summed E-state index contributed by atoms with van der Waals surface area (Å²) in [5.74, 6) is 0.686. The van der Waals surface area contributed by atoms with Crippen LogP contribution in [0.3, 0.4) is 0 Å². The van der Waals surface area contributed by atoms with Crippen LogP contribution in [0.2, 0.25) is 0 Å². The Bertz CT molecular complexity index is 404. The van der Waals surface area contributed by atoms with Crippen molar-refractivity contribution in [1.29, 1.82) is 0 Å². The maximum absolute atomic E-state index is 4.58. The van der Waals surface area contributed by atoms with Crippen molar-refractivity contribution < 1.29 is 0 Å². The highest BCUT2D eigenvalue weighted by molar-refractivity contribution is 7.12. The van der Waals surface area contributed by atoms with E-state index in [1.54, 1.807) is 0 Å². The quantitative estimate of drug-likeness (QED) is 0.843. The summed E-state index contributed by atoms with van der Waals surface area (Å²) in [5.41, 5.74) is 1.48. The van der Waals surface area contributed by atoms with E-state index in [1.165, 1.54) is 28.5 Å². The molecular weight excluding hydrogens is 218 g/mol. The third kappa shape index (κ3) is 1.93. The van der Waals surface area contributed by atoms with E-state index in [2.05, 4.69) is 34.5 Å². The lowest BCUT2D eigenvalue weighted by molar-refractivity contribution is 0.189. The monoisotopic (exact) mass is 235 g/mol. The lowest BCUT2D eigenvalue weighted by Crippen LogP contribution is -2.41. The number of hydrogen-bond acceptors (Lipinski definition) is 4. The van der Waals surface area contributed by atoms with Gasteiger partial charge in [0.15, 0.2) is 0 Å². The fraction of sp³-hybridized carbons (Fsp3) is 0.583. The summed E-state index contributed by atoms with van der Waals surface area (Å²) in [6.45, 7) is 4.46. The van der Waals surface area contributed by atoms with Crippen LogP contribution < -0.4 is 5.32 Å². The van der Waals surface area contributed by atoms with Crippen molar-refractivity contribution in [2.45, 2.75) is 12.3 Å². The first-order valence-corrected chi connectivity index (χ1v) is 6.69. The van der Waals surface area contributed by atoms with Gasteiger partial charge in [-0.3, -0.25) is 0 Å². The molecule has 86 valence electrons. The summed E-state index contributed by atoms with van der Waals surface area (Å²) in [4.78, 5) is 8.30. The van der Waals surface area contributed by atoms with Crippen LogP contribution in [0.5, 0.6) is 0 Å². The summed E-state index contributed by atoms with van der Waals surface area (Å²) >= 11 is 1.89. The van der Waals surface area contributed by atoms with Gasteiger partial charge in [0.2, 0.25) is 0 Å². The number of hydrogen-bond donors (Lipinski definition) is 1. The number of nitrogens with zero attached hydrogens (tertiary/aromatic N) is 2. The van der Waals surface area contributed by atoms with E-state index in [0.29, 0.717) is 5.92 Å². The number of aromatic nitrogens is 1. The van der Waals surface area contributed by atoms with Crippen molar-refractivity contribution in [2.75, 3.05) is 33.2 Å². The molecule has 0 spiro atoms. The zero-order valence-electron chi connectivity index (χ0n) is 9.57. The van der Waals surface area contributed by atoms with Crippen molar-refractivity contribution in [3.8, 4) is 0 Å². The number of rotatable bonds is 2. The van der Waals surface area contributed by atoms with E-state index in [1.807, 2.05) is 11.3 Å². The maximum Gasteiger partial charge on any atom is 0.0987 e. The molecule has 0 unspecified atom stereocenters. The minimum atomic E-state index is 0.686. The molecule has 3 heterocycles. The summed E-state index contributed by atoms with van der Waals surface area (Å²) in [6, 6.07) is 0. The van der Waals surface area contributed by atoms with Crippen molar-refractivity contribution in [3.63, 3.8) is 0 Å². The fourth-order valence-electron chi connectivity index (χ4n) is 2.33. The highest BCUT2D eigenvalue weighted by Gasteiger charge is 2.27. The molecule has 1 aromatic heterocycles. The summed E-state index contributed by atoms with van der Waals surface area (Å²) < 4.78 is 0. The second-order valence-electron chi connectivity index (χ2n) is 4.66. The van der Waals surface area contributed by atoms with Crippen molar-refractivity contribution in [1.82, 2.24) is 15.2 Å². The van der Waals surface area contributed by atoms with Gasteiger partial charge in [0, 0.05) is 31.7 Å². The van der Waals surface area contributed by atoms with E-state index in [9.17, 15) is 0 Å². The minimum absolute atomic E-state index is 0.686. The van der Waals surface area contributed by atoms with Gasteiger partial charge in [-0.05, 0) is 25.6 Å². The Morgan fingerprint density at radius 1 is 1.50 bits per heavy atom. The van der Waals surface area contributed by atoms with Gasteiger partial charge < -0.3 is 10.2 Å². The summed E-state index contributed by atoms with van der Waals surface area (Å²) in [7, 11) is 2.17. The predicted molar refractivity (Wildman–Crippen MR) is 67.8 cm³/mol. The molecule has 0 aliphatic carbocycles. The van der Waals surface area contributed by atoms with Crippen molar-refractivity contribution in [2.24, 2.45) is 0 Å². The van der Waals surface area contributed by atoms with Gasteiger partial charge in [-0.25, -0.2) is 4.98 Å². The smallest absolute Gasteiger partial charge is 0.0987 e. The van der Waals surface area contributed by atoms with Gasteiger partial charge >= 0.3 is 0 Å². The van der Waals surface area contributed by atoms with E-state index in [0.717, 1.165) is 19.5 Å². The van der Waals surface area contributed by atoms with Gasteiger partial charge in [0.1, 0.15) is 0 Å². The molecule has 16 heavy (non-hydrogen) atoms. The molecule has 0 atom stereocenters. The number of nitrogens with one attached hydrogen (secondary N) is 1. The summed E-state index contributed by atoms with van der Waals surface area (Å²) in [5, 5.41) is 4.67. The molecular formula is C12H17N3S. The highest BCUT2D eigenvalue weighted by atomic mass is 32.1. The van der Waals surface area contributed by atoms with Crippen molar-refractivity contribution in [3.05, 3.63) is 22.2 Å². The number of likely N-dealkylation sites (tertiary alicyclic amines) is 1. The lowest BCUT2D eigenvalue weighted by Gasteiger charge is -2.34. The van der Waals surface area contributed by atoms with E-state index < -0.39 is 0 Å². The molecule has 0 radical (unpaired) electrons. The van der Waals surface area contributed by atoms with E-state index in [4.69, 9.17) is 0 Å². The molecule has 0 saturated carbocycles. The third-order valence-electron chi connectivity index (χ3n) is 3.32. The molecule has 0 amide bonds. The summed E-state index contributed by atoms with van der Waals surface area (Å²) in [6.07, 6.45) is 5.51. The Morgan fingerprint density at radius 3 is 3.06 bits per heavy atom. The maximum atomic E-state index is 4.58. The van der Waals surface area contributed by atoms with Crippen LogP contribution in [0, 0.1) is 0 Å². The second-order valence-corrected chi connectivity index (χ2v) is 5.73. The average molecular weight is 235 g/mol. The van der Waals surface area contributed by atoms with Crippen LogP contribution in [-0.4, -0.2) is 43.1 Å².